The quantitative estimate of drug-likeness (QED) is 0.101. The van der Waals surface area contributed by atoms with Crippen molar-refractivity contribution in [2.45, 2.75) is 0 Å². The van der Waals surface area contributed by atoms with E-state index in [1.807, 2.05) is 0 Å². The number of rotatable bonds is 11. The van der Waals surface area contributed by atoms with Crippen LogP contribution in [0.25, 0.3) is 27.5 Å². The Morgan fingerprint density at radius 1 is 0.305 bits per heavy atom. The summed E-state index contributed by atoms with van der Waals surface area (Å²) in [5, 5.41) is 18.3. The molecule has 0 saturated carbocycles. The van der Waals surface area contributed by atoms with Crippen LogP contribution < -0.4 is 41.8 Å². The van der Waals surface area contributed by atoms with E-state index in [2.05, 4.69) is 252 Å². The van der Waals surface area contributed by atoms with Crippen LogP contribution in [0.4, 0.5) is 22.7 Å². The molecule has 0 aliphatic rings. The van der Waals surface area contributed by atoms with E-state index in [9.17, 15) is 0 Å². The molecule has 0 unspecified atom stereocenters. The molecule has 1 aromatic heterocycles. The van der Waals surface area contributed by atoms with Crippen LogP contribution in [0.3, 0.4) is 0 Å². The monoisotopic (exact) mass is 787 g/mol. The Morgan fingerprint density at radius 3 is 1.00 bits per heavy atom. The smallest absolute Gasteiger partial charge is 0.157 e. The minimum absolute atomic E-state index is 1.06. The van der Waals surface area contributed by atoms with Crippen molar-refractivity contribution in [1.82, 2.24) is 4.57 Å². The number of nitrogens with zero attached hydrogens (tertiary/aromatic N) is 1. The van der Waals surface area contributed by atoms with Gasteiger partial charge >= 0.3 is 0 Å². The Labute approximate surface area is 349 Å². The molecule has 10 rings (SSSR count). The minimum Gasteiger partial charge on any atom is -0.356 e. The molecular formula is C54H41N3Si2. The van der Waals surface area contributed by atoms with Crippen LogP contribution in [0.2, 0.25) is 0 Å². The highest BCUT2D eigenvalue weighted by molar-refractivity contribution is 6.97. The summed E-state index contributed by atoms with van der Waals surface area (Å²) in [7, 11) is -2.57. The molecular weight excluding hydrogens is 747 g/mol. The number of hydrogen-bond donors (Lipinski definition) is 2. The lowest BCUT2D eigenvalue weighted by Crippen LogP contribution is -2.52. The molecule has 0 amide bonds. The molecule has 0 fully saturated rings. The van der Waals surface area contributed by atoms with E-state index in [-0.39, 0.29) is 0 Å². The zero-order valence-electron chi connectivity index (χ0n) is 32.5. The Morgan fingerprint density at radius 2 is 0.627 bits per heavy atom. The summed E-state index contributed by atoms with van der Waals surface area (Å²) >= 11 is 0. The number of fused-ring (bicyclic) bond motifs is 3. The molecule has 0 atom stereocenters. The van der Waals surface area contributed by atoms with Gasteiger partial charge in [-0.05, 0) is 71.0 Å². The van der Waals surface area contributed by atoms with Crippen molar-refractivity contribution in [3.05, 3.63) is 237 Å². The van der Waals surface area contributed by atoms with E-state index >= 15 is 0 Å². The Balaban J connectivity index is 1.07. The number of hydrogen-bond acceptors (Lipinski definition) is 2. The lowest BCUT2D eigenvalue weighted by atomic mass is 10.1. The zero-order valence-corrected chi connectivity index (χ0v) is 34.5. The number of anilines is 4. The number of aromatic nitrogens is 1. The van der Waals surface area contributed by atoms with Gasteiger partial charge in [-0.15, -0.1) is 0 Å². The Hall–Kier alpha value is -7.19. The molecule has 2 N–H and O–H groups in total. The van der Waals surface area contributed by atoms with Gasteiger partial charge in [0.05, 0.1) is 11.0 Å². The first kappa shape index (κ1) is 36.2. The van der Waals surface area contributed by atoms with Gasteiger partial charge in [0.2, 0.25) is 0 Å². The largest absolute Gasteiger partial charge is 0.356 e. The van der Waals surface area contributed by atoms with Crippen molar-refractivity contribution in [2.24, 2.45) is 0 Å². The van der Waals surface area contributed by atoms with E-state index in [1.165, 1.54) is 52.9 Å². The van der Waals surface area contributed by atoms with Crippen molar-refractivity contribution >= 4 is 93.3 Å². The van der Waals surface area contributed by atoms with Gasteiger partial charge in [0.25, 0.3) is 0 Å². The van der Waals surface area contributed by atoms with E-state index < -0.39 is 17.6 Å². The molecule has 1 heterocycles. The molecule has 0 saturated heterocycles. The molecule has 0 bridgehead atoms. The maximum absolute atomic E-state index is 3.91. The highest BCUT2D eigenvalue weighted by atomic mass is 28.3. The molecule has 0 aliphatic carbocycles. The fourth-order valence-corrected chi connectivity index (χ4v) is 13.7. The highest BCUT2D eigenvalue weighted by Gasteiger charge is 2.24. The molecule has 5 heteroatoms. The molecule has 9 aromatic carbocycles. The van der Waals surface area contributed by atoms with Crippen molar-refractivity contribution in [2.75, 3.05) is 10.6 Å². The maximum Gasteiger partial charge on any atom is 0.157 e. The predicted octanol–water partition coefficient (Wildman–Crippen LogP) is 9.30. The summed E-state index contributed by atoms with van der Waals surface area (Å²) in [6, 6.07) is 85.9. The normalized spacial score (nSPS) is 11.4. The van der Waals surface area contributed by atoms with Crippen molar-refractivity contribution in [3.63, 3.8) is 0 Å². The third kappa shape index (κ3) is 7.30. The van der Waals surface area contributed by atoms with Crippen molar-refractivity contribution < 1.29 is 0 Å². The van der Waals surface area contributed by atoms with Crippen LogP contribution in [0, 0.1) is 0 Å². The SMILES string of the molecule is c1ccc(-n2c3ccc(Nc4ccccc4[Si](c4ccccc4)c4ccccc4)cc3c3cc(Nc4ccccc4[Si](c4ccccc4)c4ccccc4)ccc32)cc1. The summed E-state index contributed by atoms with van der Waals surface area (Å²) in [5.74, 6) is 0. The minimum atomic E-state index is -1.29. The summed E-state index contributed by atoms with van der Waals surface area (Å²) in [5.41, 5.74) is 7.85. The summed E-state index contributed by atoms with van der Waals surface area (Å²) in [6.45, 7) is 0. The van der Waals surface area contributed by atoms with Gasteiger partial charge in [-0.25, -0.2) is 0 Å². The number of benzene rings is 9. The van der Waals surface area contributed by atoms with Gasteiger partial charge in [-0.2, -0.15) is 0 Å². The maximum atomic E-state index is 3.91. The standard InChI is InChI=1S/C54H41N3Si2/c1-6-20-42(21-7-1)57-51-36-34-40(55-49-30-16-18-32-53(49)58(43-22-8-2-9-23-43)44-24-10-3-11-25-44)38-47(51)48-39-41(35-37-52(48)57)56-50-31-17-19-33-54(50)59(45-26-12-4-13-27-45)46-28-14-5-15-29-46/h1-39,55-56H. The lowest BCUT2D eigenvalue weighted by molar-refractivity contribution is 1.18. The second-order valence-electron chi connectivity index (χ2n) is 14.7. The van der Waals surface area contributed by atoms with E-state index in [1.54, 1.807) is 0 Å². The topological polar surface area (TPSA) is 29.0 Å². The van der Waals surface area contributed by atoms with Gasteiger partial charge in [0, 0.05) is 39.2 Å². The summed E-state index contributed by atoms with van der Waals surface area (Å²) in [4.78, 5) is 0. The molecule has 10 aromatic rings. The third-order valence-corrected chi connectivity index (χ3v) is 16.6. The summed E-state index contributed by atoms with van der Waals surface area (Å²) < 4.78 is 2.39. The highest BCUT2D eigenvalue weighted by Crippen LogP contribution is 2.36. The number of para-hydroxylation sites is 3. The van der Waals surface area contributed by atoms with Crippen molar-refractivity contribution in [1.29, 1.82) is 0 Å². The molecule has 3 nitrogen and oxygen atoms in total. The average molecular weight is 788 g/mol. The zero-order chi connectivity index (χ0) is 39.4. The third-order valence-electron chi connectivity index (χ3n) is 11.0. The first-order valence-corrected chi connectivity index (χ1v) is 23.1. The van der Waals surface area contributed by atoms with Gasteiger partial charge in [-0.3, -0.25) is 0 Å². The molecule has 2 radical (unpaired) electrons. The van der Waals surface area contributed by atoms with Gasteiger partial charge < -0.3 is 15.2 Å². The average Bonchev–Trinajstić information content (AvgIpc) is 3.62. The molecule has 0 spiro atoms. The first-order valence-electron chi connectivity index (χ1n) is 20.1. The predicted molar refractivity (Wildman–Crippen MR) is 255 cm³/mol. The first-order chi connectivity index (χ1) is 29.3. The van der Waals surface area contributed by atoms with Crippen LogP contribution >= 0.6 is 0 Å². The van der Waals surface area contributed by atoms with Gasteiger partial charge in [0.15, 0.2) is 17.6 Å². The molecule has 280 valence electrons. The van der Waals surface area contributed by atoms with Gasteiger partial charge in [0.1, 0.15) is 0 Å². The van der Waals surface area contributed by atoms with Crippen LogP contribution in [0.5, 0.6) is 0 Å². The van der Waals surface area contributed by atoms with Gasteiger partial charge in [-0.1, -0.05) is 197 Å². The van der Waals surface area contributed by atoms with Crippen LogP contribution in [0.1, 0.15) is 0 Å². The van der Waals surface area contributed by atoms with E-state index in [0.717, 1.165) is 28.4 Å². The summed E-state index contributed by atoms with van der Waals surface area (Å²) in [6.07, 6.45) is 0. The Kier molecular flexibility index (Phi) is 10.0. The molecule has 59 heavy (non-hydrogen) atoms. The van der Waals surface area contributed by atoms with E-state index in [4.69, 9.17) is 0 Å². The van der Waals surface area contributed by atoms with Crippen LogP contribution in [-0.2, 0) is 0 Å². The second-order valence-corrected chi connectivity index (χ2v) is 19.6. The lowest BCUT2D eigenvalue weighted by Gasteiger charge is -2.21. The van der Waals surface area contributed by atoms with Crippen molar-refractivity contribution in [3.8, 4) is 5.69 Å². The van der Waals surface area contributed by atoms with Crippen LogP contribution in [-0.4, -0.2) is 22.2 Å². The fraction of sp³-hybridized carbons (Fsp3) is 0. The Bertz CT molecular complexity index is 2720. The fourth-order valence-electron chi connectivity index (χ4n) is 8.34. The second kappa shape index (κ2) is 16.4. The van der Waals surface area contributed by atoms with Crippen LogP contribution in [0.15, 0.2) is 237 Å². The molecule has 0 aliphatic heterocycles. The van der Waals surface area contributed by atoms with E-state index in [0.29, 0.717) is 0 Å². The number of nitrogens with one attached hydrogen (secondary N) is 2.